The Kier molecular flexibility index (Phi) is 3.60. The van der Waals surface area contributed by atoms with Gasteiger partial charge in [0.05, 0.1) is 6.54 Å². The average Bonchev–Trinajstić information content (AvgIpc) is 2.32. The van der Waals surface area contributed by atoms with Crippen molar-refractivity contribution >= 4 is 11.9 Å². The maximum Gasteiger partial charge on any atom is 0.411 e. The van der Waals surface area contributed by atoms with E-state index < -0.39 is 11.7 Å². The second kappa shape index (κ2) is 5.03. The minimum absolute atomic E-state index is 0.0923. The van der Waals surface area contributed by atoms with Gasteiger partial charge in [-0.1, -0.05) is 30.3 Å². The van der Waals surface area contributed by atoms with Crippen molar-refractivity contribution in [3.05, 3.63) is 35.9 Å². The summed E-state index contributed by atoms with van der Waals surface area (Å²) in [6.45, 7) is 5.61. The molecule has 1 aliphatic heterocycles. The molecule has 1 atom stereocenters. The van der Waals surface area contributed by atoms with Crippen LogP contribution in [0.15, 0.2) is 30.3 Å². The standard InChI is InChI=1S/C15H19NO3/c1-15(2,3)19-14(18)16-10-13(17)12(16)9-11-7-5-4-6-8-11/h4-8,12H,9-10H2,1-3H3/t12-/m1/s1. The van der Waals surface area contributed by atoms with Gasteiger partial charge in [-0.3, -0.25) is 9.69 Å². The van der Waals surface area contributed by atoms with Crippen molar-refractivity contribution < 1.29 is 14.3 Å². The maximum atomic E-state index is 11.9. The Morgan fingerprint density at radius 3 is 2.47 bits per heavy atom. The number of nitrogens with zero attached hydrogens (tertiary/aromatic N) is 1. The smallest absolute Gasteiger partial charge is 0.411 e. The molecule has 0 saturated carbocycles. The summed E-state index contributed by atoms with van der Waals surface area (Å²) in [7, 11) is 0. The van der Waals surface area contributed by atoms with Crippen LogP contribution in [0.25, 0.3) is 0 Å². The van der Waals surface area contributed by atoms with Gasteiger partial charge in [0.2, 0.25) is 0 Å². The first-order chi connectivity index (χ1) is 8.87. The van der Waals surface area contributed by atoms with Gasteiger partial charge in [-0.2, -0.15) is 0 Å². The normalized spacial score (nSPS) is 19.0. The minimum Gasteiger partial charge on any atom is -0.444 e. The molecule has 0 aromatic heterocycles. The summed E-state index contributed by atoms with van der Waals surface area (Å²) < 4.78 is 5.29. The molecule has 0 unspecified atom stereocenters. The molecule has 102 valence electrons. The average molecular weight is 261 g/mol. The zero-order valence-electron chi connectivity index (χ0n) is 11.6. The molecule has 1 aromatic carbocycles. The van der Waals surface area contributed by atoms with E-state index >= 15 is 0 Å². The number of Topliss-reactive ketones (excluding diaryl/α,β-unsaturated/α-hetero) is 1. The van der Waals surface area contributed by atoms with E-state index in [2.05, 4.69) is 0 Å². The van der Waals surface area contributed by atoms with Gasteiger partial charge < -0.3 is 4.74 Å². The van der Waals surface area contributed by atoms with Gasteiger partial charge in [-0.25, -0.2) is 4.79 Å². The van der Waals surface area contributed by atoms with E-state index in [1.54, 1.807) is 0 Å². The van der Waals surface area contributed by atoms with Gasteiger partial charge in [0.1, 0.15) is 11.6 Å². The van der Waals surface area contributed by atoms with Gasteiger partial charge in [0.15, 0.2) is 5.78 Å². The van der Waals surface area contributed by atoms with Crippen LogP contribution >= 0.6 is 0 Å². The van der Waals surface area contributed by atoms with Gasteiger partial charge in [0.25, 0.3) is 0 Å². The lowest BCUT2D eigenvalue weighted by Crippen LogP contribution is -2.61. The summed E-state index contributed by atoms with van der Waals surface area (Å²) >= 11 is 0. The first-order valence-corrected chi connectivity index (χ1v) is 6.43. The van der Waals surface area contributed by atoms with Crippen LogP contribution in [0, 0.1) is 0 Å². The highest BCUT2D eigenvalue weighted by Crippen LogP contribution is 2.21. The summed E-state index contributed by atoms with van der Waals surface area (Å²) in [5.41, 5.74) is 0.515. The number of carbonyl (C=O) groups is 2. The number of hydrogen-bond acceptors (Lipinski definition) is 3. The fraction of sp³-hybridized carbons (Fsp3) is 0.467. The number of ketones is 1. The molecule has 1 heterocycles. The molecule has 0 N–H and O–H groups in total. The van der Waals surface area contributed by atoms with Gasteiger partial charge in [-0.15, -0.1) is 0 Å². The van der Waals surface area contributed by atoms with E-state index in [0.29, 0.717) is 6.42 Å². The molecule has 19 heavy (non-hydrogen) atoms. The Labute approximate surface area is 113 Å². The zero-order valence-corrected chi connectivity index (χ0v) is 11.6. The molecule has 0 radical (unpaired) electrons. The number of likely N-dealkylation sites (tertiary alicyclic amines) is 1. The van der Waals surface area contributed by atoms with Crippen molar-refractivity contribution in [3.8, 4) is 0 Å². The Morgan fingerprint density at radius 2 is 1.95 bits per heavy atom. The number of hydrogen-bond donors (Lipinski definition) is 0. The quantitative estimate of drug-likeness (QED) is 0.821. The summed E-state index contributed by atoms with van der Waals surface area (Å²) in [5.74, 6) is 0.0923. The second-order valence-corrected chi connectivity index (χ2v) is 5.78. The highest BCUT2D eigenvalue weighted by atomic mass is 16.6. The molecule has 1 fully saturated rings. The topological polar surface area (TPSA) is 46.6 Å². The van der Waals surface area contributed by atoms with Crippen LogP contribution in [0.5, 0.6) is 0 Å². The SMILES string of the molecule is CC(C)(C)OC(=O)N1CC(=O)[C@H]1Cc1ccccc1. The number of ether oxygens (including phenoxy) is 1. The third-order valence-corrected chi connectivity index (χ3v) is 2.97. The summed E-state index contributed by atoms with van der Waals surface area (Å²) in [4.78, 5) is 25.1. The largest absolute Gasteiger partial charge is 0.444 e. The van der Waals surface area contributed by atoms with E-state index in [1.807, 2.05) is 51.1 Å². The maximum absolute atomic E-state index is 11.9. The van der Waals surface area contributed by atoms with Crippen molar-refractivity contribution in [2.45, 2.75) is 38.8 Å². The van der Waals surface area contributed by atoms with E-state index in [0.717, 1.165) is 5.56 Å². The Bertz CT molecular complexity index is 476. The second-order valence-electron chi connectivity index (χ2n) is 5.78. The fourth-order valence-electron chi connectivity index (χ4n) is 2.02. The third-order valence-electron chi connectivity index (χ3n) is 2.97. The Balaban J connectivity index is 2.00. The summed E-state index contributed by atoms with van der Waals surface area (Å²) in [5, 5.41) is 0. The molecule has 1 saturated heterocycles. The van der Waals surface area contributed by atoms with E-state index in [-0.39, 0.29) is 18.4 Å². The van der Waals surface area contributed by atoms with Gasteiger partial charge in [0, 0.05) is 6.42 Å². The predicted octanol–water partition coefficient (Wildman–Crippen LogP) is 2.42. The Morgan fingerprint density at radius 1 is 1.32 bits per heavy atom. The van der Waals surface area contributed by atoms with Crippen molar-refractivity contribution in [1.82, 2.24) is 4.90 Å². The van der Waals surface area contributed by atoms with E-state index in [4.69, 9.17) is 4.74 Å². The zero-order chi connectivity index (χ0) is 14.0. The van der Waals surface area contributed by atoms with Crippen LogP contribution in [-0.2, 0) is 16.0 Å². The fourth-order valence-corrected chi connectivity index (χ4v) is 2.02. The highest BCUT2D eigenvalue weighted by Gasteiger charge is 2.42. The van der Waals surface area contributed by atoms with Crippen LogP contribution in [0.3, 0.4) is 0 Å². The molecule has 4 nitrogen and oxygen atoms in total. The van der Waals surface area contributed by atoms with Crippen LogP contribution in [0.1, 0.15) is 26.3 Å². The molecule has 4 heteroatoms. The highest BCUT2D eigenvalue weighted by molar-refractivity contribution is 5.97. The van der Waals surface area contributed by atoms with Crippen molar-refractivity contribution in [3.63, 3.8) is 0 Å². The van der Waals surface area contributed by atoms with Gasteiger partial charge >= 0.3 is 6.09 Å². The molecule has 0 spiro atoms. The lowest BCUT2D eigenvalue weighted by Gasteiger charge is -2.39. The lowest BCUT2D eigenvalue weighted by molar-refractivity contribution is -0.135. The number of amides is 1. The molecule has 0 aliphatic carbocycles. The van der Waals surface area contributed by atoms with E-state index in [1.165, 1.54) is 4.90 Å². The minimum atomic E-state index is -0.535. The molecule has 1 aliphatic rings. The molecule has 0 bridgehead atoms. The van der Waals surface area contributed by atoms with Gasteiger partial charge in [-0.05, 0) is 26.3 Å². The first kappa shape index (κ1) is 13.6. The lowest BCUT2D eigenvalue weighted by atomic mass is 9.94. The summed E-state index contributed by atoms with van der Waals surface area (Å²) in [6, 6.07) is 9.32. The number of rotatable bonds is 2. The molecule has 1 aromatic rings. The van der Waals surface area contributed by atoms with Crippen LogP contribution in [0.2, 0.25) is 0 Å². The van der Waals surface area contributed by atoms with Crippen LogP contribution in [0.4, 0.5) is 4.79 Å². The van der Waals surface area contributed by atoms with Crippen molar-refractivity contribution in [2.24, 2.45) is 0 Å². The van der Waals surface area contributed by atoms with Crippen molar-refractivity contribution in [1.29, 1.82) is 0 Å². The third kappa shape index (κ3) is 3.34. The van der Waals surface area contributed by atoms with Crippen LogP contribution < -0.4 is 0 Å². The molecular weight excluding hydrogens is 242 g/mol. The first-order valence-electron chi connectivity index (χ1n) is 6.43. The molecule has 2 rings (SSSR count). The van der Waals surface area contributed by atoms with Crippen LogP contribution in [-0.4, -0.2) is 35.0 Å². The van der Waals surface area contributed by atoms with Crippen molar-refractivity contribution in [2.75, 3.05) is 6.54 Å². The predicted molar refractivity (Wildman–Crippen MR) is 71.9 cm³/mol. The summed E-state index contributed by atoms with van der Waals surface area (Å²) in [6.07, 6.45) is 0.145. The Hall–Kier alpha value is -1.84. The monoisotopic (exact) mass is 261 g/mol. The molecule has 1 amide bonds. The number of carbonyl (C=O) groups excluding carboxylic acids is 2. The molecular formula is C15H19NO3. The number of benzene rings is 1. The van der Waals surface area contributed by atoms with E-state index in [9.17, 15) is 9.59 Å².